The molecule has 0 unspecified atom stereocenters. The molecule has 0 aromatic heterocycles. The zero-order valence-corrected chi connectivity index (χ0v) is 20.7. The van der Waals surface area contributed by atoms with Crippen LogP contribution >= 0.6 is 35.0 Å². The summed E-state index contributed by atoms with van der Waals surface area (Å²) in [6, 6.07) is 21.8. The number of carbonyl (C=O) groups excluding carboxylic acids is 1. The Bertz CT molecular complexity index is 1250. The Morgan fingerprint density at radius 2 is 1.73 bits per heavy atom. The zero-order valence-electron chi connectivity index (χ0n) is 17.6. The molecule has 1 amide bonds. The molecule has 5 nitrogen and oxygen atoms in total. The Morgan fingerprint density at radius 3 is 2.52 bits per heavy atom. The van der Waals surface area contributed by atoms with Gasteiger partial charge in [-0.25, -0.2) is 8.42 Å². The third-order valence-electron chi connectivity index (χ3n) is 5.38. The highest BCUT2D eigenvalue weighted by Crippen LogP contribution is 2.34. The van der Waals surface area contributed by atoms with Crippen LogP contribution in [-0.2, 0) is 14.8 Å². The van der Waals surface area contributed by atoms with Gasteiger partial charge in [-0.3, -0.25) is 4.79 Å². The first-order valence-electron chi connectivity index (χ1n) is 10.4. The number of amides is 1. The molecule has 33 heavy (non-hydrogen) atoms. The number of piperidine rings is 1. The fraction of sp³-hybridized carbons (Fsp3) is 0.208. The Kier molecular flexibility index (Phi) is 7.66. The molecule has 1 aliphatic rings. The summed E-state index contributed by atoms with van der Waals surface area (Å²) in [7, 11) is -3.87. The summed E-state index contributed by atoms with van der Waals surface area (Å²) in [6.45, 7) is 0.417. The van der Waals surface area contributed by atoms with Crippen LogP contribution in [0.1, 0.15) is 12.8 Å². The Labute approximate surface area is 208 Å². The molecule has 1 heterocycles. The van der Waals surface area contributed by atoms with Gasteiger partial charge in [0.2, 0.25) is 15.9 Å². The molecule has 9 heteroatoms. The van der Waals surface area contributed by atoms with Crippen LogP contribution in [0, 0.1) is 5.92 Å². The molecule has 0 bridgehead atoms. The predicted molar refractivity (Wildman–Crippen MR) is 134 cm³/mol. The average molecular weight is 521 g/mol. The van der Waals surface area contributed by atoms with Gasteiger partial charge in [-0.2, -0.15) is 4.31 Å². The highest BCUT2D eigenvalue weighted by molar-refractivity contribution is 7.99. The lowest BCUT2D eigenvalue weighted by atomic mass is 9.99. The number of rotatable bonds is 6. The smallest absolute Gasteiger partial charge is 0.244 e. The van der Waals surface area contributed by atoms with Crippen LogP contribution < -0.4 is 5.32 Å². The first-order valence-corrected chi connectivity index (χ1v) is 13.4. The highest BCUT2D eigenvalue weighted by atomic mass is 35.5. The van der Waals surface area contributed by atoms with Crippen molar-refractivity contribution in [2.75, 3.05) is 18.4 Å². The molecule has 0 aliphatic carbocycles. The van der Waals surface area contributed by atoms with Crippen LogP contribution in [0.4, 0.5) is 5.69 Å². The standard InChI is InChI=1S/C24H22Cl2N2O3S2/c25-18-12-13-20(26)23(15-18)33(30,31)28-14-6-7-17(16-28)24(29)27-21-10-4-5-11-22(21)32-19-8-2-1-3-9-19/h1-5,8-13,15,17H,6-7,14,16H2,(H,27,29)/t17-/m0/s1. The number of nitrogens with one attached hydrogen (secondary N) is 1. The quantitative estimate of drug-likeness (QED) is 0.421. The van der Waals surface area contributed by atoms with Crippen molar-refractivity contribution in [1.29, 1.82) is 0 Å². The van der Waals surface area contributed by atoms with E-state index in [1.807, 2.05) is 54.6 Å². The van der Waals surface area contributed by atoms with E-state index in [0.717, 1.165) is 9.79 Å². The third-order valence-corrected chi connectivity index (χ3v) is 9.05. The van der Waals surface area contributed by atoms with E-state index < -0.39 is 15.9 Å². The second-order valence-electron chi connectivity index (χ2n) is 7.68. The van der Waals surface area contributed by atoms with E-state index in [4.69, 9.17) is 23.2 Å². The second kappa shape index (κ2) is 10.5. The van der Waals surface area contributed by atoms with Gasteiger partial charge in [-0.15, -0.1) is 0 Å². The largest absolute Gasteiger partial charge is 0.325 e. The number of para-hydroxylation sites is 1. The fourth-order valence-corrected chi connectivity index (χ4v) is 6.88. The number of carbonyl (C=O) groups is 1. The van der Waals surface area contributed by atoms with Gasteiger partial charge in [0.1, 0.15) is 4.90 Å². The number of hydrogen-bond acceptors (Lipinski definition) is 4. The van der Waals surface area contributed by atoms with E-state index in [0.29, 0.717) is 25.1 Å². The van der Waals surface area contributed by atoms with Crippen LogP contribution in [0.25, 0.3) is 0 Å². The van der Waals surface area contributed by atoms with Gasteiger partial charge in [0.25, 0.3) is 0 Å². The van der Waals surface area contributed by atoms with Crippen molar-refractivity contribution in [3.8, 4) is 0 Å². The molecule has 4 rings (SSSR count). The van der Waals surface area contributed by atoms with Crippen molar-refractivity contribution >= 4 is 56.6 Å². The van der Waals surface area contributed by atoms with Crippen LogP contribution in [0.3, 0.4) is 0 Å². The summed E-state index contributed by atoms with van der Waals surface area (Å²) in [5.74, 6) is -0.672. The summed E-state index contributed by atoms with van der Waals surface area (Å²) in [4.78, 5) is 15.1. The van der Waals surface area contributed by atoms with Crippen molar-refractivity contribution in [2.24, 2.45) is 5.92 Å². The number of halogens is 2. The molecule has 3 aromatic rings. The summed E-state index contributed by atoms with van der Waals surface area (Å²) in [5, 5.41) is 3.40. The van der Waals surface area contributed by atoms with E-state index in [1.54, 1.807) is 17.8 Å². The molecule has 1 atom stereocenters. The number of nitrogens with zero attached hydrogens (tertiary/aromatic N) is 1. The highest BCUT2D eigenvalue weighted by Gasteiger charge is 2.34. The normalized spacial score (nSPS) is 17.0. The molecule has 0 spiro atoms. The molecular formula is C24H22Cl2N2O3S2. The van der Waals surface area contributed by atoms with Crippen molar-refractivity contribution in [1.82, 2.24) is 4.31 Å². The van der Waals surface area contributed by atoms with Crippen LogP contribution in [0.15, 0.2) is 87.5 Å². The molecule has 0 saturated carbocycles. The van der Waals surface area contributed by atoms with Crippen molar-refractivity contribution in [3.05, 3.63) is 82.8 Å². The van der Waals surface area contributed by atoms with Gasteiger partial charge in [0, 0.05) is 27.9 Å². The SMILES string of the molecule is O=C(Nc1ccccc1Sc1ccccc1)[C@H]1CCCN(S(=O)(=O)c2cc(Cl)ccc2Cl)C1. The second-order valence-corrected chi connectivity index (χ2v) is 11.5. The lowest BCUT2D eigenvalue weighted by molar-refractivity contribution is -0.120. The number of benzene rings is 3. The van der Waals surface area contributed by atoms with Crippen molar-refractivity contribution in [3.63, 3.8) is 0 Å². The van der Waals surface area contributed by atoms with Gasteiger partial charge >= 0.3 is 0 Å². The van der Waals surface area contributed by atoms with E-state index in [-0.39, 0.29) is 27.4 Å². The molecule has 1 N–H and O–H groups in total. The molecule has 3 aromatic carbocycles. The molecule has 0 radical (unpaired) electrons. The Balaban J connectivity index is 1.49. The van der Waals surface area contributed by atoms with E-state index in [2.05, 4.69) is 5.32 Å². The maximum absolute atomic E-state index is 13.2. The lowest BCUT2D eigenvalue weighted by Gasteiger charge is -2.31. The maximum atomic E-state index is 13.2. The first kappa shape index (κ1) is 24.1. The molecule has 1 saturated heterocycles. The summed E-state index contributed by atoms with van der Waals surface area (Å²) in [5.41, 5.74) is 0.703. The third kappa shape index (κ3) is 5.73. The number of hydrogen-bond donors (Lipinski definition) is 1. The number of sulfonamides is 1. The van der Waals surface area contributed by atoms with Gasteiger partial charge in [0.15, 0.2) is 0 Å². The Morgan fingerprint density at radius 1 is 1.00 bits per heavy atom. The molecule has 1 aliphatic heterocycles. The van der Waals surface area contributed by atoms with Crippen molar-refractivity contribution < 1.29 is 13.2 Å². The first-order chi connectivity index (χ1) is 15.8. The molecule has 1 fully saturated rings. The summed E-state index contributed by atoms with van der Waals surface area (Å²) >= 11 is 13.7. The van der Waals surface area contributed by atoms with Crippen LogP contribution in [0.5, 0.6) is 0 Å². The molecule has 172 valence electrons. The predicted octanol–water partition coefficient (Wildman–Crippen LogP) is 6.18. The van der Waals surface area contributed by atoms with Crippen molar-refractivity contribution in [2.45, 2.75) is 27.5 Å². The lowest BCUT2D eigenvalue weighted by Crippen LogP contribution is -2.43. The van der Waals surface area contributed by atoms with Gasteiger partial charge < -0.3 is 5.32 Å². The van der Waals surface area contributed by atoms with Gasteiger partial charge in [0.05, 0.1) is 16.6 Å². The zero-order chi connectivity index (χ0) is 23.4. The van der Waals surface area contributed by atoms with Gasteiger partial charge in [-0.05, 0) is 55.3 Å². The monoisotopic (exact) mass is 520 g/mol. The number of anilines is 1. The Hall–Kier alpha value is -2.03. The maximum Gasteiger partial charge on any atom is 0.244 e. The van der Waals surface area contributed by atoms with Crippen LogP contribution in [0.2, 0.25) is 10.0 Å². The average Bonchev–Trinajstić information content (AvgIpc) is 2.82. The summed E-state index contributed by atoms with van der Waals surface area (Å²) < 4.78 is 27.7. The minimum atomic E-state index is -3.87. The minimum absolute atomic E-state index is 0.0395. The fourth-order valence-electron chi connectivity index (χ4n) is 3.70. The minimum Gasteiger partial charge on any atom is -0.325 e. The summed E-state index contributed by atoms with van der Waals surface area (Å²) in [6.07, 6.45) is 1.19. The topological polar surface area (TPSA) is 66.5 Å². The van der Waals surface area contributed by atoms with E-state index >= 15 is 0 Å². The van der Waals surface area contributed by atoms with E-state index in [1.165, 1.54) is 16.4 Å². The molecular weight excluding hydrogens is 499 g/mol. The van der Waals surface area contributed by atoms with Crippen LogP contribution in [-0.4, -0.2) is 31.7 Å². The van der Waals surface area contributed by atoms with E-state index in [9.17, 15) is 13.2 Å². The van der Waals surface area contributed by atoms with Gasteiger partial charge in [-0.1, -0.05) is 65.3 Å².